The highest BCUT2D eigenvalue weighted by molar-refractivity contribution is 5.08. The molecule has 1 aliphatic rings. The second kappa shape index (κ2) is 6.22. The molecule has 2 unspecified atom stereocenters. The molecule has 1 aromatic heterocycles. The van der Waals surface area contributed by atoms with Crippen LogP contribution in [-0.2, 0) is 4.74 Å². The van der Waals surface area contributed by atoms with E-state index < -0.39 is 0 Å². The summed E-state index contributed by atoms with van der Waals surface area (Å²) in [6.45, 7) is 6.11. The van der Waals surface area contributed by atoms with Crippen LogP contribution in [0.25, 0.3) is 0 Å². The average Bonchev–Trinajstić information content (AvgIpc) is 2.95. The molecule has 1 aromatic rings. The van der Waals surface area contributed by atoms with Gasteiger partial charge >= 0.3 is 0 Å². The van der Waals surface area contributed by atoms with Crippen LogP contribution in [0.4, 0.5) is 0 Å². The molecule has 0 amide bonds. The van der Waals surface area contributed by atoms with Gasteiger partial charge < -0.3 is 14.5 Å². The van der Waals surface area contributed by atoms with Crippen molar-refractivity contribution in [1.82, 2.24) is 5.32 Å². The molecular weight excluding hydrogens is 214 g/mol. The van der Waals surface area contributed by atoms with Crippen LogP contribution in [0.2, 0.25) is 0 Å². The molecule has 3 heteroatoms. The third-order valence-electron chi connectivity index (χ3n) is 3.37. The van der Waals surface area contributed by atoms with Crippen LogP contribution in [0.15, 0.2) is 16.5 Å². The molecule has 3 nitrogen and oxygen atoms in total. The summed E-state index contributed by atoms with van der Waals surface area (Å²) in [5.74, 6) is 2.01. The molecule has 2 rings (SSSR count). The largest absolute Gasteiger partial charge is 0.465 e. The molecule has 1 fully saturated rings. The summed E-state index contributed by atoms with van der Waals surface area (Å²) in [5, 5.41) is 3.49. The van der Waals surface area contributed by atoms with Crippen molar-refractivity contribution in [2.45, 2.75) is 51.7 Å². The number of nitrogens with one attached hydrogen (secondary N) is 1. The maximum atomic E-state index is 5.60. The fraction of sp³-hybridized carbons (Fsp3) is 0.714. The number of aryl methyl sites for hydroxylation is 1. The molecule has 0 aliphatic carbocycles. The van der Waals surface area contributed by atoms with E-state index in [0.717, 1.165) is 24.7 Å². The van der Waals surface area contributed by atoms with Gasteiger partial charge in [0.1, 0.15) is 11.5 Å². The summed E-state index contributed by atoms with van der Waals surface area (Å²) in [5.41, 5.74) is 0. The van der Waals surface area contributed by atoms with Crippen LogP contribution in [0, 0.1) is 6.92 Å². The molecule has 2 heterocycles. The monoisotopic (exact) mass is 237 g/mol. The van der Waals surface area contributed by atoms with Gasteiger partial charge in [-0.25, -0.2) is 0 Å². The maximum absolute atomic E-state index is 5.60. The molecule has 96 valence electrons. The van der Waals surface area contributed by atoms with Crippen molar-refractivity contribution >= 4 is 0 Å². The van der Waals surface area contributed by atoms with Gasteiger partial charge in [0.2, 0.25) is 0 Å². The number of rotatable bonds is 6. The minimum atomic E-state index is 0.299. The Hall–Kier alpha value is -0.800. The Kier molecular flexibility index (Phi) is 4.63. The van der Waals surface area contributed by atoms with Crippen LogP contribution in [-0.4, -0.2) is 19.3 Å². The lowest BCUT2D eigenvalue weighted by atomic mass is 10.1. The van der Waals surface area contributed by atoms with Crippen molar-refractivity contribution in [2.24, 2.45) is 0 Å². The highest BCUT2D eigenvalue weighted by Gasteiger charge is 2.15. The molecule has 0 bridgehead atoms. The SMILES string of the molecule is Cc1ccc(C(C)NCCCC2CCCO2)o1. The van der Waals surface area contributed by atoms with Gasteiger partial charge in [0.05, 0.1) is 12.1 Å². The van der Waals surface area contributed by atoms with E-state index in [2.05, 4.69) is 12.2 Å². The summed E-state index contributed by atoms with van der Waals surface area (Å²) in [4.78, 5) is 0. The van der Waals surface area contributed by atoms with E-state index in [0.29, 0.717) is 12.1 Å². The fourth-order valence-corrected chi connectivity index (χ4v) is 2.31. The first kappa shape index (κ1) is 12.7. The minimum Gasteiger partial charge on any atom is -0.465 e. The molecule has 0 aromatic carbocycles. The maximum Gasteiger partial charge on any atom is 0.120 e. The van der Waals surface area contributed by atoms with E-state index in [-0.39, 0.29) is 0 Å². The lowest BCUT2D eigenvalue weighted by molar-refractivity contribution is 0.102. The normalized spacial score (nSPS) is 21.9. The predicted octanol–water partition coefficient (Wildman–Crippen LogP) is 3.20. The van der Waals surface area contributed by atoms with E-state index in [4.69, 9.17) is 9.15 Å². The lowest BCUT2D eigenvalue weighted by Crippen LogP contribution is -2.20. The first-order valence-electron chi connectivity index (χ1n) is 6.67. The van der Waals surface area contributed by atoms with Gasteiger partial charge in [-0.15, -0.1) is 0 Å². The summed E-state index contributed by atoms with van der Waals surface area (Å²) in [7, 11) is 0. The van der Waals surface area contributed by atoms with E-state index >= 15 is 0 Å². The van der Waals surface area contributed by atoms with Gasteiger partial charge in [-0.2, -0.15) is 0 Å². The van der Waals surface area contributed by atoms with Crippen molar-refractivity contribution in [3.8, 4) is 0 Å². The standard InChI is InChI=1S/C14H23NO2/c1-11-7-8-14(17-11)12(2)15-9-3-5-13-6-4-10-16-13/h7-8,12-13,15H,3-6,9-10H2,1-2H3. The molecule has 0 spiro atoms. The number of hydrogen-bond donors (Lipinski definition) is 1. The Labute approximate surface area is 104 Å². The van der Waals surface area contributed by atoms with Gasteiger partial charge in [0.15, 0.2) is 0 Å². The summed E-state index contributed by atoms with van der Waals surface area (Å²) in [6, 6.07) is 4.36. The second-order valence-electron chi connectivity index (χ2n) is 4.90. The minimum absolute atomic E-state index is 0.299. The predicted molar refractivity (Wildman–Crippen MR) is 68.1 cm³/mol. The Morgan fingerprint density at radius 3 is 3.00 bits per heavy atom. The second-order valence-corrected chi connectivity index (χ2v) is 4.90. The molecule has 0 saturated carbocycles. The highest BCUT2D eigenvalue weighted by atomic mass is 16.5. The van der Waals surface area contributed by atoms with Crippen LogP contribution >= 0.6 is 0 Å². The van der Waals surface area contributed by atoms with Crippen molar-refractivity contribution < 1.29 is 9.15 Å². The average molecular weight is 237 g/mol. The Morgan fingerprint density at radius 1 is 1.47 bits per heavy atom. The molecule has 1 saturated heterocycles. The molecule has 2 atom stereocenters. The van der Waals surface area contributed by atoms with Crippen LogP contribution in [0.1, 0.15) is 50.2 Å². The first-order chi connectivity index (χ1) is 8.25. The third kappa shape index (κ3) is 3.86. The van der Waals surface area contributed by atoms with Crippen molar-refractivity contribution in [2.75, 3.05) is 13.2 Å². The van der Waals surface area contributed by atoms with Gasteiger partial charge in [-0.1, -0.05) is 0 Å². The molecule has 1 aliphatic heterocycles. The van der Waals surface area contributed by atoms with Crippen LogP contribution in [0.3, 0.4) is 0 Å². The van der Waals surface area contributed by atoms with Gasteiger partial charge in [-0.05, 0) is 58.2 Å². The van der Waals surface area contributed by atoms with Crippen molar-refractivity contribution in [3.05, 3.63) is 23.7 Å². The van der Waals surface area contributed by atoms with Gasteiger partial charge in [0.25, 0.3) is 0 Å². The van der Waals surface area contributed by atoms with Crippen LogP contribution in [0.5, 0.6) is 0 Å². The van der Waals surface area contributed by atoms with Crippen molar-refractivity contribution in [3.63, 3.8) is 0 Å². The summed E-state index contributed by atoms with van der Waals surface area (Å²) >= 11 is 0. The van der Waals surface area contributed by atoms with Crippen LogP contribution < -0.4 is 5.32 Å². The Bertz CT molecular complexity index is 329. The summed E-state index contributed by atoms with van der Waals surface area (Å²) < 4.78 is 11.2. The van der Waals surface area contributed by atoms with E-state index in [1.807, 2.05) is 19.1 Å². The molecular formula is C14H23NO2. The fourth-order valence-electron chi connectivity index (χ4n) is 2.31. The van der Waals surface area contributed by atoms with E-state index in [1.165, 1.54) is 25.7 Å². The lowest BCUT2D eigenvalue weighted by Gasteiger charge is -2.13. The zero-order valence-electron chi connectivity index (χ0n) is 10.9. The molecule has 1 N–H and O–H groups in total. The van der Waals surface area contributed by atoms with Gasteiger partial charge in [-0.3, -0.25) is 0 Å². The Balaban J connectivity index is 1.61. The smallest absolute Gasteiger partial charge is 0.120 e. The number of ether oxygens (including phenoxy) is 1. The third-order valence-corrected chi connectivity index (χ3v) is 3.37. The molecule has 17 heavy (non-hydrogen) atoms. The van der Waals surface area contributed by atoms with E-state index in [1.54, 1.807) is 0 Å². The first-order valence-corrected chi connectivity index (χ1v) is 6.67. The zero-order valence-corrected chi connectivity index (χ0v) is 10.9. The zero-order chi connectivity index (χ0) is 12.1. The highest BCUT2D eigenvalue weighted by Crippen LogP contribution is 2.18. The molecule has 0 radical (unpaired) electrons. The van der Waals surface area contributed by atoms with Gasteiger partial charge in [0, 0.05) is 6.61 Å². The number of hydrogen-bond acceptors (Lipinski definition) is 3. The Morgan fingerprint density at radius 2 is 2.35 bits per heavy atom. The van der Waals surface area contributed by atoms with Crippen molar-refractivity contribution in [1.29, 1.82) is 0 Å². The quantitative estimate of drug-likeness (QED) is 0.771. The number of furan rings is 1. The summed E-state index contributed by atoms with van der Waals surface area (Å²) in [6.07, 6.45) is 5.34. The topological polar surface area (TPSA) is 34.4 Å². The van der Waals surface area contributed by atoms with E-state index in [9.17, 15) is 0 Å².